The molecule has 0 bridgehead atoms. The molecule has 0 saturated carbocycles. The van der Waals surface area contributed by atoms with Gasteiger partial charge in [-0.3, -0.25) is 4.79 Å². The van der Waals surface area contributed by atoms with Crippen LogP contribution in [0.5, 0.6) is 0 Å². The first kappa shape index (κ1) is 19.2. The molecule has 7 nitrogen and oxygen atoms in total. The van der Waals surface area contributed by atoms with Crippen LogP contribution in [-0.2, 0) is 13.1 Å². The van der Waals surface area contributed by atoms with Crippen molar-refractivity contribution in [3.8, 4) is 0 Å². The number of amides is 1. The summed E-state index contributed by atoms with van der Waals surface area (Å²) in [6.45, 7) is 8.75. The summed E-state index contributed by atoms with van der Waals surface area (Å²) in [6, 6.07) is 7.40. The number of halogens is 1. The molecule has 0 N–H and O–H groups in total. The monoisotopic (exact) mass is 402 g/mol. The Balaban J connectivity index is 1.80. The third-order valence-electron chi connectivity index (χ3n) is 4.15. The van der Waals surface area contributed by atoms with Gasteiger partial charge in [0.1, 0.15) is 0 Å². The van der Waals surface area contributed by atoms with Gasteiger partial charge in [0.15, 0.2) is 5.69 Å². The predicted molar refractivity (Wildman–Crippen MR) is 105 cm³/mol. The molecule has 0 fully saturated rings. The highest BCUT2D eigenvalue weighted by atomic mass is 35.5. The molecule has 0 radical (unpaired) electrons. The van der Waals surface area contributed by atoms with E-state index in [9.17, 15) is 4.79 Å². The minimum absolute atomic E-state index is 0.193. The van der Waals surface area contributed by atoms with Gasteiger partial charge in [-0.05, 0) is 31.5 Å². The minimum Gasteiger partial charge on any atom is -0.329 e. The Bertz CT molecular complexity index is 949. The molecule has 1 amide bonds. The molecular weight excluding hydrogens is 384 g/mol. The second kappa shape index (κ2) is 8.41. The molecule has 0 atom stereocenters. The van der Waals surface area contributed by atoms with Gasteiger partial charge in [-0.1, -0.05) is 35.0 Å². The molecule has 27 heavy (non-hydrogen) atoms. The van der Waals surface area contributed by atoms with Crippen LogP contribution < -0.4 is 0 Å². The fourth-order valence-corrected chi connectivity index (χ4v) is 3.26. The number of rotatable bonds is 7. The first-order valence-electron chi connectivity index (χ1n) is 8.32. The Hall–Kier alpha value is -2.58. The van der Waals surface area contributed by atoms with Crippen LogP contribution in [0.1, 0.15) is 33.1 Å². The topological polar surface area (TPSA) is 76.8 Å². The maximum absolute atomic E-state index is 13.0. The normalized spacial score (nSPS) is 10.8. The smallest absolute Gasteiger partial charge is 0.276 e. The van der Waals surface area contributed by atoms with Gasteiger partial charge < -0.3 is 4.90 Å². The molecule has 3 aromatic rings. The van der Waals surface area contributed by atoms with Crippen molar-refractivity contribution in [2.75, 3.05) is 6.54 Å². The van der Waals surface area contributed by atoms with E-state index in [0.717, 1.165) is 28.7 Å². The van der Waals surface area contributed by atoms with Crippen LogP contribution in [0, 0.1) is 13.8 Å². The summed E-state index contributed by atoms with van der Waals surface area (Å²) in [6.07, 6.45) is 1.69. The highest BCUT2D eigenvalue weighted by Crippen LogP contribution is 2.15. The summed E-state index contributed by atoms with van der Waals surface area (Å²) in [5, 5.41) is 8.89. The standard InChI is InChI=1S/C18H19ClN6OS/c1-4-9-24(10-14-5-7-15(19)8-6-14)18(26)17-13(3)25(23-20-17)11-16-12(2)21-27-22-16/h4-8H,1,9-11H2,2-3H3. The van der Waals surface area contributed by atoms with Crippen LogP contribution in [-0.4, -0.2) is 41.1 Å². The van der Waals surface area contributed by atoms with E-state index in [2.05, 4.69) is 25.6 Å². The first-order valence-corrected chi connectivity index (χ1v) is 9.43. The maximum atomic E-state index is 13.0. The minimum atomic E-state index is -0.193. The van der Waals surface area contributed by atoms with Gasteiger partial charge in [0.2, 0.25) is 0 Å². The molecule has 1 aromatic carbocycles. The first-order chi connectivity index (χ1) is 13.0. The van der Waals surface area contributed by atoms with E-state index in [1.54, 1.807) is 27.8 Å². The average Bonchev–Trinajstić information content (AvgIpc) is 3.22. The zero-order valence-electron chi connectivity index (χ0n) is 15.1. The fourth-order valence-electron chi connectivity index (χ4n) is 2.58. The molecule has 0 unspecified atom stereocenters. The fraction of sp³-hybridized carbons (Fsp3) is 0.278. The number of aromatic nitrogens is 5. The van der Waals surface area contributed by atoms with Crippen molar-refractivity contribution in [3.63, 3.8) is 0 Å². The molecule has 140 valence electrons. The number of nitrogens with zero attached hydrogens (tertiary/aromatic N) is 6. The number of benzene rings is 1. The zero-order valence-corrected chi connectivity index (χ0v) is 16.7. The summed E-state index contributed by atoms with van der Waals surface area (Å²) in [4.78, 5) is 14.7. The second-order valence-corrected chi connectivity index (χ2v) is 7.04. The SMILES string of the molecule is C=CCN(Cc1ccc(Cl)cc1)C(=O)c1nnn(Cc2nsnc2C)c1C. The molecule has 0 aliphatic rings. The highest BCUT2D eigenvalue weighted by Gasteiger charge is 2.22. The van der Waals surface area contributed by atoms with Gasteiger partial charge in [0.05, 0.1) is 35.4 Å². The lowest BCUT2D eigenvalue weighted by atomic mass is 10.2. The van der Waals surface area contributed by atoms with E-state index in [1.165, 1.54) is 0 Å². The van der Waals surface area contributed by atoms with E-state index in [-0.39, 0.29) is 5.91 Å². The molecule has 0 aliphatic heterocycles. The molecule has 0 spiro atoms. The van der Waals surface area contributed by atoms with Crippen LogP contribution in [0.2, 0.25) is 5.02 Å². The summed E-state index contributed by atoms with van der Waals surface area (Å²) >= 11 is 7.10. The lowest BCUT2D eigenvalue weighted by Crippen LogP contribution is -2.31. The lowest BCUT2D eigenvalue weighted by Gasteiger charge is -2.20. The van der Waals surface area contributed by atoms with E-state index in [4.69, 9.17) is 11.6 Å². The zero-order chi connectivity index (χ0) is 19.4. The summed E-state index contributed by atoms with van der Waals surface area (Å²) in [5.74, 6) is -0.193. The van der Waals surface area contributed by atoms with Crippen LogP contribution in [0.15, 0.2) is 36.9 Å². The summed E-state index contributed by atoms with van der Waals surface area (Å²) in [7, 11) is 0. The third kappa shape index (κ3) is 4.40. The van der Waals surface area contributed by atoms with Crippen molar-refractivity contribution in [2.45, 2.75) is 26.9 Å². The van der Waals surface area contributed by atoms with Crippen LogP contribution in [0.25, 0.3) is 0 Å². The van der Waals surface area contributed by atoms with Gasteiger partial charge in [-0.25, -0.2) is 4.68 Å². The number of carbonyl (C=O) groups excluding carboxylic acids is 1. The Morgan fingerprint density at radius 3 is 2.67 bits per heavy atom. The van der Waals surface area contributed by atoms with Crippen molar-refractivity contribution >= 4 is 29.2 Å². The summed E-state index contributed by atoms with van der Waals surface area (Å²) in [5.41, 5.74) is 3.68. The third-order valence-corrected chi connectivity index (χ3v) is 5.06. The highest BCUT2D eigenvalue weighted by molar-refractivity contribution is 6.99. The van der Waals surface area contributed by atoms with Crippen molar-refractivity contribution in [2.24, 2.45) is 0 Å². The Morgan fingerprint density at radius 1 is 1.30 bits per heavy atom. The maximum Gasteiger partial charge on any atom is 0.276 e. The Morgan fingerprint density at radius 2 is 2.04 bits per heavy atom. The van der Waals surface area contributed by atoms with Crippen molar-refractivity contribution < 1.29 is 4.79 Å². The number of hydrogen-bond donors (Lipinski definition) is 0. The number of hydrogen-bond acceptors (Lipinski definition) is 6. The lowest BCUT2D eigenvalue weighted by molar-refractivity contribution is 0.0756. The second-order valence-electron chi connectivity index (χ2n) is 6.08. The van der Waals surface area contributed by atoms with Crippen molar-refractivity contribution in [1.29, 1.82) is 0 Å². The van der Waals surface area contributed by atoms with E-state index in [1.807, 2.05) is 26.0 Å². The largest absolute Gasteiger partial charge is 0.329 e. The molecule has 9 heteroatoms. The number of aryl methyl sites for hydroxylation is 1. The van der Waals surface area contributed by atoms with Crippen LogP contribution >= 0.6 is 23.3 Å². The van der Waals surface area contributed by atoms with Crippen molar-refractivity contribution in [1.82, 2.24) is 28.6 Å². The van der Waals surface area contributed by atoms with E-state index < -0.39 is 0 Å². The van der Waals surface area contributed by atoms with Gasteiger partial charge in [0.25, 0.3) is 5.91 Å². The molecular formula is C18H19ClN6OS. The van der Waals surface area contributed by atoms with Crippen LogP contribution in [0.4, 0.5) is 0 Å². The van der Waals surface area contributed by atoms with Crippen LogP contribution in [0.3, 0.4) is 0 Å². The van der Waals surface area contributed by atoms with Gasteiger partial charge in [-0.15, -0.1) is 11.7 Å². The van der Waals surface area contributed by atoms with Gasteiger partial charge in [-0.2, -0.15) is 8.75 Å². The molecule has 3 rings (SSSR count). The van der Waals surface area contributed by atoms with Gasteiger partial charge >= 0.3 is 0 Å². The predicted octanol–water partition coefficient (Wildman–Crippen LogP) is 3.28. The summed E-state index contributed by atoms with van der Waals surface area (Å²) < 4.78 is 10.1. The van der Waals surface area contributed by atoms with E-state index >= 15 is 0 Å². The molecule has 2 heterocycles. The van der Waals surface area contributed by atoms with Gasteiger partial charge in [0, 0.05) is 18.1 Å². The molecule has 0 saturated heterocycles. The molecule has 0 aliphatic carbocycles. The molecule has 2 aromatic heterocycles. The van der Waals surface area contributed by atoms with Crippen molar-refractivity contribution in [3.05, 3.63) is 70.3 Å². The Kier molecular flexibility index (Phi) is 5.98. The Labute approximate surface area is 166 Å². The number of carbonyl (C=O) groups is 1. The average molecular weight is 403 g/mol. The quantitative estimate of drug-likeness (QED) is 0.567. The van der Waals surface area contributed by atoms with E-state index in [0.29, 0.717) is 36.0 Å².